The number of carbonyl (C=O) groups is 1. The molecule has 0 bridgehead atoms. The maximum Gasteiger partial charge on any atom is 0.345 e. The lowest BCUT2D eigenvalue weighted by Gasteiger charge is -2.21. The largest absolute Gasteiger partial charge is 0.478 e. The molecule has 6 nitrogen and oxygen atoms in total. The van der Waals surface area contributed by atoms with E-state index in [0.29, 0.717) is 35.3 Å². The molecule has 1 aliphatic heterocycles. The first-order valence-corrected chi connectivity index (χ1v) is 7.82. The van der Waals surface area contributed by atoms with Crippen LogP contribution in [0.25, 0.3) is 0 Å². The van der Waals surface area contributed by atoms with Crippen LogP contribution in [-0.2, 0) is 14.4 Å². The Morgan fingerprint density at radius 2 is 2.26 bits per heavy atom. The van der Waals surface area contributed by atoms with Crippen molar-refractivity contribution >= 4 is 23.3 Å². The van der Waals surface area contributed by atoms with Gasteiger partial charge in [-0.3, -0.25) is 0 Å². The molecule has 0 radical (unpaired) electrons. The first-order valence-electron chi connectivity index (χ1n) is 7.44. The van der Waals surface area contributed by atoms with Gasteiger partial charge in [-0.25, -0.2) is 4.79 Å². The van der Waals surface area contributed by atoms with Crippen molar-refractivity contribution in [1.29, 1.82) is 0 Å². The van der Waals surface area contributed by atoms with Gasteiger partial charge in [0.25, 0.3) is 0 Å². The Balaban J connectivity index is 2.36. The second kappa shape index (κ2) is 7.66. The van der Waals surface area contributed by atoms with Gasteiger partial charge in [0.2, 0.25) is 0 Å². The summed E-state index contributed by atoms with van der Waals surface area (Å²) in [6.45, 7) is 6.26. The van der Waals surface area contributed by atoms with Crippen LogP contribution in [0.4, 0.5) is 0 Å². The smallest absolute Gasteiger partial charge is 0.345 e. The van der Waals surface area contributed by atoms with Crippen LogP contribution in [0.1, 0.15) is 26.3 Å². The predicted molar refractivity (Wildman–Crippen MR) is 86.2 cm³/mol. The minimum absolute atomic E-state index is 0.194. The van der Waals surface area contributed by atoms with E-state index in [4.69, 9.17) is 25.9 Å². The average Bonchev–Trinajstić information content (AvgIpc) is 2.93. The van der Waals surface area contributed by atoms with E-state index >= 15 is 0 Å². The summed E-state index contributed by atoms with van der Waals surface area (Å²) < 4.78 is 11.3. The standard InChI is InChI=1S/C16H20ClNO5/c1-4-21-13-8-22-18-14(13)11-7-10(17)5-6-12(11)23-15(9(2)3)16(19)20/h5-7,9,13,15H,4,8H2,1-3H3,(H,19,20)/t13?,15-/m0/s1. The van der Waals surface area contributed by atoms with Gasteiger partial charge in [-0.15, -0.1) is 0 Å². The Morgan fingerprint density at radius 1 is 1.52 bits per heavy atom. The van der Waals surface area contributed by atoms with E-state index in [-0.39, 0.29) is 12.0 Å². The van der Waals surface area contributed by atoms with Crippen molar-refractivity contribution in [3.05, 3.63) is 28.8 Å². The van der Waals surface area contributed by atoms with Gasteiger partial charge in [0.15, 0.2) is 6.10 Å². The predicted octanol–water partition coefficient (Wildman–Crippen LogP) is 2.97. The van der Waals surface area contributed by atoms with E-state index in [1.54, 1.807) is 32.0 Å². The summed E-state index contributed by atoms with van der Waals surface area (Å²) in [4.78, 5) is 16.5. The van der Waals surface area contributed by atoms with E-state index in [1.165, 1.54) is 0 Å². The summed E-state index contributed by atoms with van der Waals surface area (Å²) in [7, 11) is 0. The number of rotatable bonds is 7. The number of nitrogens with zero attached hydrogens (tertiary/aromatic N) is 1. The average molecular weight is 342 g/mol. The van der Waals surface area contributed by atoms with Crippen molar-refractivity contribution in [3.8, 4) is 5.75 Å². The second-order valence-electron chi connectivity index (χ2n) is 5.48. The lowest BCUT2D eigenvalue weighted by atomic mass is 10.0. The Morgan fingerprint density at radius 3 is 2.87 bits per heavy atom. The summed E-state index contributed by atoms with van der Waals surface area (Å²) in [5.74, 6) is -0.822. The monoisotopic (exact) mass is 341 g/mol. The Hall–Kier alpha value is -1.79. The van der Waals surface area contributed by atoms with Gasteiger partial charge in [0, 0.05) is 23.1 Å². The number of halogens is 1. The van der Waals surface area contributed by atoms with Gasteiger partial charge >= 0.3 is 5.97 Å². The molecule has 1 heterocycles. The molecule has 0 saturated heterocycles. The minimum atomic E-state index is -1.02. The van der Waals surface area contributed by atoms with Crippen LogP contribution in [0, 0.1) is 5.92 Å². The van der Waals surface area contributed by atoms with E-state index in [9.17, 15) is 9.90 Å². The summed E-state index contributed by atoms with van der Waals surface area (Å²) in [6.07, 6.45) is -1.30. The van der Waals surface area contributed by atoms with Crippen molar-refractivity contribution in [3.63, 3.8) is 0 Å². The number of ether oxygens (including phenoxy) is 2. The van der Waals surface area contributed by atoms with Crippen LogP contribution >= 0.6 is 11.6 Å². The molecule has 0 saturated carbocycles. The number of benzene rings is 1. The molecule has 126 valence electrons. The van der Waals surface area contributed by atoms with Crippen LogP contribution in [0.5, 0.6) is 5.75 Å². The van der Waals surface area contributed by atoms with Crippen molar-refractivity contribution < 1.29 is 24.2 Å². The fraction of sp³-hybridized carbons (Fsp3) is 0.500. The number of carboxylic acids is 1. The van der Waals surface area contributed by atoms with E-state index < -0.39 is 12.1 Å². The maximum atomic E-state index is 11.4. The summed E-state index contributed by atoms with van der Waals surface area (Å²) >= 11 is 6.07. The van der Waals surface area contributed by atoms with Crippen LogP contribution in [0.15, 0.2) is 23.4 Å². The molecule has 0 amide bonds. The third-order valence-electron chi connectivity index (χ3n) is 3.38. The normalized spacial score (nSPS) is 18.5. The van der Waals surface area contributed by atoms with E-state index in [2.05, 4.69) is 5.16 Å². The molecular weight excluding hydrogens is 322 g/mol. The van der Waals surface area contributed by atoms with Gasteiger partial charge < -0.3 is 19.4 Å². The summed E-state index contributed by atoms with van der Waals surface area (Å²) in [5.41, 5.74) is 1.14. The molecule has 1 aromatic rings. The van der Waals surface area contributed by atoms with Gasteiger partial charge in [-0.1, -0.05) is 30.6 Å². The SMILES string of the molecule is CCOC1CON=C1c1cc(Cl)ccc1O[C@H](C(=O)O)C(C)C. The number of hydrogen-bond donors (Lipinski definition) is 1. The van der Waals surface area contributed by atoms with Gasteiger partial charge in [-0.2, -0.15) is 0 Å². The minimum Gasteiger partial charge on any atom is -0.478 e. The van der Waals surface area contributed by atoms with E-state index in [1.807, 2.05) is 6.92 Å². The van der Waals surface area contributed by atoms with Gasteiger partial charge in [0.1, 0.15) is 24.2 Å². The van der Waals surface area contributed by atoms with Crippen molar-refractivity contribution in [2.45, 2.75) is 33.0 Å². The number of oxime groups is 1. The highest BCUT2D eigenvalue weighted by atomic mass is 35.5. The number of hydrogen-bond acceptors (Lipinski definition) is 5. The topological polar surface area (TPSA) is 77.3 Å². The third kappa shape index (κ3) is 4.14. The third-order valence-corrected chi connectivity index (χ3v) is 3.62. The second-order valence-corrected chi connectivity index (χ2v) is 5.91. The molecule has 0 aromatic heterocycles. The van der Waals surface area contributed by atoms with Crippen LogP contribution in [0.3, 0.4) is 0 Å². The molecule has 1 N–H and O–H groups in total. The highest BCUT2D eigenvalue weighted by molar-refractivity contribution is 6.31. The Kier molecular flexibility index (Phi) is 5.85. The quantitative estimate of drug-likeness (QED) is 0.825. The van der Waals surface area contributed by atoms with Gasteiger partial charge in [-0.05, 0) is 25.1 Å². The Bertz CT molecular complexity index is 602. The molecule has 23 heavy (non-hydrogen) atoms. The van der Waals surface area contributed by atoms with Crippen LogP contribution in [-0.4, -0.2) is 42.2 Å². The molecule has 7 heteroatoms. The molecule has 0 spiro atoms. The first kappa shape index (κ1) is 17.6. The maximum absolute atomic E-state index is 11.4. The zero-order valence-electron chi connectivity index (χ0n) is 13.3. The molecule has 1 unspecified atom stereocenters. The molecule has 1 aromatic carbocycles. The van der Waals surface area contributed by atoms with Crippen molar-refractivity contribution in [2.24, 2.45) is 11.1 Å². The Labute approximate surface area is 140 Å². The zero-order valence-corrected chi connectivity index (χ0v) is 14.0. The first-order chi connectivity index (χ1) is 10.9. The lowest BCUT2D eigenvalue weighted by molar-refractivity contribution is -0.147. The lowest BCUT2D eigenvalue weighted by Crippen LogP contribution is -2.33. The number of carboxylic acid groups (broad SMARTS) is 1. The molecule has 2 atom stereocenters. The fourth-order valence-electron chi connectivity index (χ4n) is 2.28. The van der Waals surface area contributed by atoms with Gasteiger partial charge in [0.05, 0.1) is 0 Å². The molecular formula is C16H20ClNO5. The van der Waals surface area contributed by atoms with Crippen LogP contribution < -0.4 is 4.74 Å². The number of aliphatic carboxylic acids is 1. The van der Waals surface area contributed by atoms with Crippen molar-refractivity contribution in [2.75, 3.05) is 13.2 Å². The van der Waals surface area contributed by atoms with E-state index in [0.717, 1.165) is 0 Å². The van der Waals surface area contributed by atoms with Crippen LogP contribution in [0.2, 0.25) is 5.02 Å². The summed E-state index contributed by atoms with van der Waals surface area (Å²) in [6, 6.07) is 4.96. The molecule has 2 rings (SSSR count). The van der Waals surface area contributed by atoms with Crippen molar-refractivity contribution in [1.82, 2.24) is 0 Å². The zero-order chi connectivity index (χ0) is 17.0. The fourth-order valence-corrected chi connectivity index (χ4v) is 2.45. The highest BCUT2D eigenvalue weighted by Gasteiger charge is 2.30. The molecule has 1 aliphatic rings. The molecule has 0 aliphatic carbocycles. The highest BCUT2D eigenvalue weighted by Crippen LogP contribution is 2.29. The summed E-state index contributed by atoms with van der Waals surface area (Å²) in [5, 5.41) is 13.8. The molecule has 0 fully saturated rings.